The zero-order valence-corrected chi connectivity index (χ0v) is 15.1. The Bertz CT molecular complexity index is 946. The van der Waals surface area contributed by atoms with Gasteiger partial charge < -0.3 is 10.1 Å². The molecule has 4 heteroatoms. The molecule has 138 valence electrons. The minimum Gasteiger partial charge on any atom is -0.381 e. The molecule has 0 bridgehead atoms. The Balaban J connectivity index is 1.54. The van der Waals surface area contributed by atoms with Crippen molar-refractivity contribution in [2.75, 3.05) is 19.8 Å². The Hall–Kier alpha value is -2.72. The molecule has 27 heavy (non-hydrogen) atoms. The van der Waals surface area contributed by atoms with Crippen LogP contribution in [-0.2, 0) is 10.2 Å². The summed E-state index contributed by atoms with van der Waals surface area (Å²) in [7, 11) is 0. The fourth-order valence-corrected chi connectivity index (χ4v) is 3.82. The summed E-state index contributed by atoms with van der Waals surface area (Å²) in [6.07, 6.45) is 1.60. The van der Waals surface area contributed by atoms with Crippen molar-refractivity contribution in [3.8, 4) is 0 Å². The van der Waals surface area contributed by atoms with Crippen LogP contribution >= 0.6 is 0 Å². The molecule has 0 saturated carbocycles. The predicted octanol–water partition coefficient (Wildman–Crippen LogP) is 4.46. The average molecular weight is 363 g/mol. The number of carbonyl (C=O) groups is 1. The molecule has 4 rings (SSSR count). The van der Waals surface area contributed by atoms with Gasteiger partial charge >= 0.3 is 0 Å². The van der Waals surface area contributed by atoms with Gasteiger partial charge in [0.05, 0.1) is 0 Å². The number of rotatable bonds is 4. The number of nitrogens with one attached hydrogen (secondary N) is 1. The van der Waals surface area contributed by atoms with Gasteiger partial charge in [-0.25, -0.2) is 4.39 Å². The van der Waals surface area contributed by atoms with E-state index < -0.39 is 0 Å². The highest BCUT2D eigenvalue weighted by Gasteiger charge is 2.35. The van der Waals surface area contributed by atoms with E-state index in [-0.39, 0.29) is 17.1 Å². The maximum atomic E-state index is 13.3. The summed E-state index contributed by atoms with van der Waals surface area (Å²) in [4.78, 5) is 12.8. The van der Waals surface area contributed by atoms with E-state index >= 15 is 0 Å². The third-order valence-corrected chi connectivity index (χ3v) is 5.51. The summed E-state index contributed by atoms with van der Waals surface area (Å²) < 4.78 is 18.9. The molecule has 1 heterocycles. The topological polar surface area (TPSA) is 38.3 Å². The highest BCUT2D eigenvalue weighted by atomic mass is 19.1. The van der Waals surface area contributed by atoms with Crippen LogP contribution in [0.5, 0.6) is 0 Å². The van der Waals surface area contributed by atoms with Crippen molar-refractivity contribution in [3.63, 3.8) is 0 Å². The third kappa shape index (κ3) is 3.71. The lowest BCUT2D eigenvalue weighted by Crippen LogP contribution is -2.44. The van der Waals surface area contributed by atoms with Crippen LogP contribution in [0.4, 0.5) is 4.39 Å². The van der Waals surface area contributed by atoms with Gasteiger partial charge in [-0.05, 0) is 53.4 Å². The van der Waals surface area contributed by atoms with E-state index in [1.165, 1.54) is 12.1 Å². The lowest BCUT2D eigenvalue weighted by Gasteiger charge is -2.38. The highest BCUT2D eigenvalue weighted by molar-refractivity contribution is 5.98. The van der Waals surface area contributed by atoms with Crippen molar-refractivity contribution in [3.05, 3.63) is 83.7 Å². The first-order valence-corrected chi connectivity index (χ1v) is 9.27. The fourth-order valence-electron chi connectivity index (χ4n) is 3.82. The number of benzene rings is 3. The molecule has 0 aromatic heterocycles. The van der Waals surface area contributed by atoms with Crippen LogP contribution < -0.4 is 5.32 Å². The van der Waals surface area contributed by atoms with E-state index in [2.05, 4.69) is 5.32 Å². The molecule has 1 fully saturated rings. The summed E-state index contributed by atoms with van der Waals surface area (Å²) in [6, 6.07) is 20.3. The van der Waals surface area contributed by atoms with Gasteiger partial charge in [0.2, 0.25) is 0 Å². The second kappa shape index (κ2) is 7.49. The summed E-state index contributed by atoms with van der Waals surface area (Å²) in [6.45, 7) is 1.79. The number of hydrogen-bond donors (Lipinski definition) is 1. The number of fused-ring (bicyclic) bond motifs is 1. The summed E-state index contributed by atoms with van der Waals surface area (Å²) in [5.74, 6) is -0.338. The average Bonchev–Trinajstić information content (AvgIpc) is 2.73. The first kappa shape index (κ1) is 17.7. The molecular formula is C23H22FNO2. The third-order valence-electron chi connectivity index (χ3n) is 5.51. The molecule has 0 atom stereocenters. The molecule has 0 spiro atoms. The Morgan fingerprint density at radius 2 is 1.67 bits per heavy atom. The molecule has 3 aromatic rings. The molecule has 1 aliphatic heterocycles. The number of ether oxygens (including phenoxy) is 1. The maximum Gasteiger partial charge on any atom is 0.251 e. The second-order valence-electron chi connectivity index (χ2n) is 7.14. The molecule has 1 aliphatic rings. The van der Waals surface area contributed by atoms with Crippen LogP contribution in [0.1, 0.15) is 28.8 Å². The van der Waals surface area contributed by atoms with Gasteiger partial charge in [0, 0.05) is 30.7 Å². The molecule has 0 unspecified atom stereocenters. The SMILES string of the molecule is O=C(NCC1(c2ccc(F)cc2)CCOCC1)c1ccc2ccccc2c1. The first-order chi connectivity index (χ1) is 13.2. The molecule has 1 N–H and O–H groups in total. The summed E-state index contributed by atoms with van der Waals surface area (Å²) in [5, 5.41) is 5.26. The van der Waals surface area contributed by atoms with Crippen molar-refractivity contribution in [2.45, 2.75) is 18.3 Å². The van der Waals surface area contributed by atoms with Gasteiger partial charge in [-0.1, -0.05) is 42.5 Å². The zero-order chi connectivity index (χ0) is 18.7. The zero-order valence-electron chi connectivity index (χ0n) is 15.1. The standard InChI is InChI=1S/C23H22FNO2/c24-21-9-7-20(8-10-21)23(11-13-27-14-12-23)16-25-22(26)19-6-5-17-3-1-2-4-18(17)15-19/h1-10,15H,11-14,16H2,(H,25,26). The maximum absolute atomic E-state index is 13.3. The minimum atomic E-state index is -0.249. The van der Waals surface area contributed by atoms with Crippen LogP contribution in [-0.4, -0.2) is 25.7 Å². The fraction of sp³-hybridized carbons (Fsp3) is 0.261. The molecule has 0 aliphatic carbocycles. The lowest BCUT2D eigenvalue weighted by molar-refractivity contribution is 0.0487. The Morgan fingerprint density at radius 3 is 2.41 bits per heavy atom. The Morgan fingerprint density at radius 1 is 0.963 bits per heavy atom. The normalized spacial score (nSPS) is 16.2. The van der Waals surface area contributed by atoms with E-state index in [9.17, 15) is 9.18 Å². The van der Waals surface area contributed by atoms with Gasteiger partial charge in [0.15, 0.2) is 0 Å². The van der Waals surface area contributed by atoms with Gasteiger partial charge in [-0.15, -0.1) is 0 Å². The van der Waals surface area contributed by atoms with Crippen molar-refractivity contribution < 1.29 is 13.9 Å². The van der Waals surface area contributed by atoms with E-state index in [1.807, 2.05) is 54.6 Å². The number of amides is 1. The van der Waals surface area contributed by atoms with Crippen molar-refractivity contribution in [2.24, 2.45) is 0 Å². The number of hydrogen-bond acceptors (Lipinski definition) is 2. The van der Waals surface area contributed by atoms with E-state index in [0.29, 0.717) is 25.3 Å². The van der Waals surface area contributed by atoms with Crippen LogP contribution in [0.25, 0.3) is 10.8 Å². The quantitative estimate of drug-likeness (QED) is 0.743. The Kier molecular flexibility index (Phi) is 4.90. The Labute approximate surface area is 158 Å². The van der Waals surface area contributed by atoms with Crippen molar-refractivity contribution in [1.29, 1.82) is 0 Å². The molecule has 3 aromatic carbocycles. The lowest BCUT2D eigenvalue weighted by atomic mass is 9.74. The van der Waals surface area contributed by atoms with E-state index in [4.69, 9.17) is 4.74 Å². The van der Waals surface area contributed by atoms with Crippen molar-refractivity contribution >= 4 is 16.7 Å². The minimum absolute atomic E-state index is 0.0891. The van der Waals surface area contributed by atoms with Gasteiger partial charge in [0.25, 0.3) is 5.91 Å². The van der Waals surface area contributed by atoms with Crippen LogP contribution in [0, 0.1) is 5.82 Å². The van der Waals surface area contributed by atoms with Crippen LogP contribution in [0.3, 0.4) is 0 Å². The second-order valence-corrected chi connectivity index (χ2v) is 7.14. The van der Waals surface area contributed by atoms with E-state index in [1.54, 1.807) is 0 Å². The van der Waals surface area contributed by atoms with Crippen LogP contribution in [0.15, 0.2) is 66.7 Å². The molecular weight excluding hydrogens is 341 g/mol. The number of halogens is 1. The van der Waals surface area contributed by atoms with Gasteiger partial charge in [-0.2, -0.15) is 0 Å². The summed E-state index contributed by atoms with van der Waals surface area (Å²) in [5.41, 5.74) is 1.47. The molecule has 0 radical (unpaired) electrons. The summed E-state index contributed by atoms with van der Waals surface area (Å²) >= 11 is 0. The molecule has 1 saturated heterocycles. The first-order valence-electron chi connectivity index (χ1n) is 9.27. The van der Waals surface area contributed by atoms with Crippen LogP contribution in [0.2, 0.25) is 0 Å². The number of carbonyl (C=O) groups excluding carboxylic acids is 1. The van der Waals surface area contributed by atoms with Crippen molar-refractivity contribution in [1.82, 2.24) is 5.32 Å². The van der Waals surface area contributed by atoms with Gasteiger partial charge in [-0.3, -0.25) is 4.79 Å². The largest absolute Gasteiger partial charge is 0.381 e. The van der Waals surface area contributed by atoms with E-state index in [0.717, 1.165) is 29.2 Å². The molecule has 1 amide bonds. The van der Waals surface area contributed by atoms with Gasteiger partial charge in [0.1, 0.15) is 5.82 Å². The molecule has 3 nitrogen and oxygen atoms in total. The smallest absolute Gasteiger partial charge is 0.251 e. The predicted molar refractivity (Wildman–Crippen MR) is 104 cm³/mol. The highest BCUT2D eigenvalue weighted by Crippen LogP contribution is 2.34. The monoisotopic (exact) mass is 363 g/mol.